The van der Waals surface area contributed by atoms with Crippen molar-refractivity contribution in [2.45, 2.75) is 37.9 Å². The van der Waals surface area contributed by atoms with Gasteiger partial charge in [0.05, 0.1) is 4.83 Å². The molecule has 2 rings (SSSR count). The standard InChI is InChI=1S/C15H18BrNO2/c1-3-4-14(18)17-8-7-11-9-12(5-6-13(11)17)15(19)10(2)16/h5-6,9-10H,3-4,7-8H2,1-2H3. The summed E-state index contributed by atoms with van der Waals surface area (Å²) in [4.78, 5) is 25.6. The topological polar surface area (TPSA) is 37.4 Å². The van der Waals surface area contributed by atoms with Crippen molar-refractivity contribution in [1.82, 2.24) is 0 Å². The second-order valence-electron chi connectivity index (χ2n) is 4.87. The van der Waals surface area contributed by atoms with Crippen molar-refractivity contribution >= 4 is 33.3 Å². The van der Waals surface area contributed by atoms with Gasteiger partial charge in [-0.25, -0.2) is 0 Å². The Kier molecular flexibility index (Phi) is 4.40. The van der Waals surface area contributed by atoms with E-state index >= 15 is 0 Å². The lowest BCUT2D eigenvalue weighted by Gasteiger charge is -2.17. The highest BCUT2D eigenvalue weighted by Gasteiger charge is 2.25. The number of alkyl halides is 1. The number of Topliss-reactive ketones (excluding diaryl/α,β-unsaturated/α-hetero) is 1. The summed E-state index contributed by atoms with van der Waals surface area (Å²) in [5, 5.41) is 0. The van der Waals surface area contributed by atoms with Gasteiger partial charge in [-0.05, 0) is 43.5 Å². The summed E-state index contributed by atoms with van der Waals surface area (Å²) in [7, 11) is 0. The molecule has 0 bridgehead atoms. The largest absolute Gasteiger partial charge is 0.312 e. The van der Waals surface area contributed by atoms with Crippen molar-refractivity contribution in [2.24, 2.45) is 0 Å². The van der Waals surface area contributed by atoms with Crippen LogP contribution in [0.4, 0.5) is 5.69 Å². The zero-order valence-corrected chi connectivity index (χ0v) is 12.9. The zero-order chi connectivity index (χ0) is 14.0. The third kappa shape index (κ3) is 2.89. The Morgan fingerprint density at radius 3 is 2.79 bits per heavy atom. The molecule has 0 saturated heterocycles. The Labute approximate surface area is 122 Å². The molecule has 0 saturated carbocycles. The number of hydrogen-bond acceptors (Lipinski definition) is 2. The molecule has 1 aromatic rings. The van der Waals surface area contributed by atoms with Gasteiger partial charge < -0.3 is 4.90 Å². The summed E-state index contributed by atoms with van der Waals surface area (Å²) in [5.74, 6) is 0.260. The van der Waals surface area contributed by atoms with Gasteiger partial charge >= 0.3 is 0 Å². The number of rotatable bonds is 4. The van der Waals surface area contributed by atoms with Crippen LogP contribution >= 0.6 is 15.9 Å². The van der Waals surface area contributed by atoms with E-state index in [0.29, 0.717) is 12.0 Å². The molecule has 1 atom stereocenters. The summed E-state index contributed by atoms with van der Waals surface area (Å²) in [6.07, 6.45) is 2.28. The van der Waals surface area contributed by atoms with Crippen LogP contribution in [0.15, 0.2) is 18.2 Å². The molecule has 0 aromatic heterocycles. The molecule has 102 valence electrons. The van der Waals surface area contributed by atoms with Crippen molar-refractivity contribution in [3.8, 4) is 0 Å². The van der Waals surface area contributed by atoms with Gasteiger partial charge in [0, 0.05) is 24.2 Å². The van der Waals surface area contributed by atoms with Crippen LogP contribution in [-0.4, -0.2) is 23.1 Å². The predicted octanol–water partition coefficient (Wildman–Crippen LogP) is 3.34. The van der Waals surface area contributed by atoms with Crippen LogP contribution in [0, 0.1) is 0 Å². The third-order valence-electron chi connectivity index (χ3n) is 3.39. The maximum Gasteiger partial charge on any atom is 0.226 e. The Bertz CT molecular complexity index is 511. The summed E-state index contributed by atoms with van der Waals surface area (Å²) < 4.78 is 0. The molecule has 1 amide bonds. The first-order valence-corrected chi connectivity index (χ1v) is 7.57. The number of carbonyl (C=O) groups excluding carboxylic acids is 2. The molecule has 1 aromatic carbocycles. The van der Waals surface area contributed by atoms with Gasteiger partial charge in [0.2, 0.25) is 5.91 Å². The van der Waals surface area contributed by atoms with E-state index in [0.717, 1.165) is 30.6 Å². The Balaban J connectivity index is 2.25. The molecule has 0 radical (unpaired) electrons. The fraction of sp³-hybridized carbons (Fsp3) is 0.467. The monoisotopic (exact) mass is 323 g/mol. The summed E-state index contributed by atoms with van der Waals surface area (Å²) in [5.41, 5.74) is 2.79. The predicted molar refractivity (Wildman–Crippen MR) is 80.1 cm³/mol. The maximum absolute atomic E-state index is 12.0. The minimum atomic E-state index is -0.176. The van der Waals surface area contributed by atoms with Crippen LogP contribution in [0.25, 0.3) is 0 Å². The molecule has 0 fully saturated rings. The molecule has 19 heavy (non-hydrogen) atoms. The molecule has 0 aliphatic carbocycles. The van der Waals surface area contributed by atoms with Crippen molar-refractivity contribution in [3.63, 3.8) is 0 Å². The van der Waals surface area contributed by atoms with E-state index in [1.165, 1.54) is 0 Å². The number of fused-ring (bicyclic) bond motifs is 1. The Morgan fingerprint density at radius 2 is 2.16 bits per heavy atom. The van der Waals surface area contributed by atoms with Crippen LogP contribution < -0.4 is 4.90 Å². The number of benzene rings is 1. The first-order valence-electron chi connectivity index (χ1n) is 6.66. The number of halogens is 1. The van der Waals surface area contributed by atoms with Crippen molar-refractivity contribution in [1.29, 1.82) is 0 Å². The van der Waals surface area contributed by atoms with E-state index < -0.39 is 0 Å². The van der Waals surface area contributed by atoms with Crippen molar-refractivity contribution < 1.29 is 9.59 Å². The molecule has 3 nitrogen and oxygen atoms in total. The van der Waals surface area contributed by atoms with Gasteiger partial charge in [0.15, 0.2) is 5.78 Å². The Morgan fingerprint density at radius 1 is 1.42 bits per heavy atom. The molecular weight excluding hydrogens is 306 g/mol. The van der Waals surface area contributed by atoms with E-state index in [2.05, 4.69) is 15.9 Å². The van der Waals surface area contributed by atoms with E-state index in [1.54, 1.807) is 0 Å². The van der Waals surface area contributed by atoms with Crippen LogP contribution in [0.1, 0.15) is 42.6 Å². The highest BCUT2D eigenvalue weighted by atomic mass is 79.9. The minimum absolute atomic E-state index is 0.0844. The molecule has 1 unspecified atom stereocenters. The van der Waals surface area contributed by atoms with Gasteiger partial charge in [-0.15, -0.1) is 0 Å². The molecular formula is C15H18BrNO2. The van der Waals surface area contributed by atoms with Gasteiger partial charge in [0.25, 0.3) is 0 Å². The van der Waals surface area contributed by atoms with E-state index in [4.69, 9.17) is 0 Å². The molecule has 1 heterocycles. The number of anilines is 1. The molecule has 0 spiro atoms. The molecule has 0 N–H and O–H groups in total. The number of carbonyl (C=O) groups is 2. The number of ketones is 1. The van der Waals surface area contributed by atoms with E-state index in [-0.39, 0.29) is 16.5 Å². The Hall–Kier alpha value is -1.16. The lowest BCUT2D eigenvalue weighted by atomic mass is 10.0. The summed E-state index contributed by atoms with van der Waals surface area (Å²) in [6.45, 7) is 4.57. The number of nitrogens with zero attached hydrogens (tertiary/aromatic N) is 1. The molecule has 1 aliphatic rings. The fourth-order valence-electron chi connectivity index (χ4n) is 2.39. The maximum atomic E-state index is 12.0. The van der Waals surface area contributed by atoms with Gasteiger partial charge in [0.1, 0.15) is 0 Å². The van der Waals surface area contributed by atoms with Crippen molar-refractivity contribution in [3.05, 3.63) is 29.3 Å². The van der Waals surface area contributed by atoms with Crippen LogP contribution in [0.5, 0.6) is 0 Å². The second kappa shape index (κ2) is 5.87. The first kappa shape index (κ1) is 14.3. The van der Waals surface area contributed by atoms with E-state index in [1.807, 2.05) is 36.9 Å². The van der Waals surface area contributed by atoms with Crippen LogP contribution in [-0.2, 0) is 11.2 Å². The zero-order valence-electron chi connectivity index (χ0n) is 11.3. The van der Waals surface area contributed by atoms with Crippen LogP contribution in [0.2, 0.25) is 0 Å². The van der Waals surface area contributed by atoms with Gasteiger partial charge in [-0.3, -0.25) is 9.59 Å². The quantitative estimate of drug-likeness (QED) is 0.629. The summed E-state index contributed by atoms with van der Waals surface area (Å²) >= 11 is 3.30. The number of hydrogen-bond donors (Lipinski definition) is 0. The highest BCUT2D eigenvalue weighted by molar-refractivity contribution is 9.10. The normalized spacial score (nSPS) is 15.2. The van der Waals surface area contributed by atoms with Crippen LogP contribution in [0.3, 0.4) is 0 Å². The van der Waals surface area contributed by atoms with Gasteiger partial charge in [-0.2, -0.15) is 0 Å². The SMILES string of the molecule is CCCC(=O)N1CCc2cc(C(=O)C(C)Br)ccc21. The molecule has 4 heteroatoms. The average Bonchev–Trinajstić information content (AvgIpc) is 2.80. The number of amides is 1. The minimum Gasteiger partial charge on any atom is -0.312 e. The third-order valence-corrected chi connectivity index (χ3v) is 3.80. The molecule has 1 aliphatic heterocycles. The highest BCUT2D eigenvalue weighted by Crippen LogP contribution is 2.30. The smallest absolute Gasteiger partial charge is 0.226 e. The summed E-state index contributed by atoms with van der Waals surface area (Å²) in [6, 6.07) is 5.64. The van der Waals surface area contributed by atoms with E-state index in [9.17, 15) is 9.59 Å². The second-order valence-corrected chi connectivity index (χ2v) is 6.24. The average molecular weight is 324 g/mol. The first-order chi connectivity index (χ1) is 9.04. The fourth-order valence-corrected chi connectivity index (χ4v) is 2.66. The lowest BCUT2D eigenvalue weighted by Crippen LogP contribution is -2.28. The van der Waals surface area contributed by atoms with Crippen molar-refractivity contribution in [2.75, 3.05) is 11.4 Å². The lowest BCUT2D eigenvalue weighted by molar-refractivity contribution is -0.118. The van der Waals surface area contributed by atoms with Gasteiger partial charge in [-0.1, -0.05) is 22.9 Å².